The molecule has 2 rings (SSSR count). The lowest BCUT2D eigenvalue weighted by atomic mass is 9.78. The number of esters is 1. The summed E-state index contributed by atoms with van der Waals surface area (Å²) in [7, 11) is 1.45. The lowest BCUT2D eigenvalue weighted by molar-refractivity contribution is -0.147. The lowest BCUT2D eigenvalue weighted by Gasteiger charge is -2.29. The third-order valence-electron chi connectivity index (χ3n) is 7.47. The van der Waals surface area contributed by atoms with Crippen molar-refractivity contribution in [2.75, 3.05) is 13.7 Å². The zero-order chi connectivity index (χ0) is 26.3. The molecule has 0 fully saturated rings. The van der Waals surface area contributed by atoms with Gasteiger partial charge in [-0.2, -0.15) is 0 Å². The number of carbonyl (C=O) groups excluding carboxylic acids is 2. The van der Waals surface area contributed by atoms with Gasteiger partial charge in [0.2, 0.25) is 0 Å². The fourth-order valence-corrected chi connectivity index (χ4v) is 5.01. The van der Waals surface area contributed by atoms with E-state index in [4.69, 9.17) is 9.47 Å². The number of unbranched alkanes of at least 4 members (excludes halogenated alkanes) is 4. The van der Waals surface area contributed by atoms with E-state index in [2.05, 4.69) is 19.1 Å². The van der Waals surface area contributed by atoms with Gasteiger partial charge < -0.3 is 14.6 Å². The van der Waals surface area contributed by atoms with Gasteiger partial charge in [-0.1, -0.05) is 106 Å². The molecule has 2 aromatic rings. The number of carbonyl (C=O) groups is 2. The zero-order valence-corrected chi connectivity index (χ0v) is 22.3. The maximum Gasteiger partial charge on any atom is 0.315 e. The average molecular weight is 497 g/mol. The van der Waals surface area contributed by atoms with Gasteiger partial charge >= 0.3 is 5.97 Å². The predicted octanol–water partition coefficient (Wildman–Crippen LogP) is 6.51. The van der Waals surface area contributed by atoms with Crippen molar-refractivity contribution in [3.8, 4) is 0 Å². The van der Waals surface area contributed by atoms with Crippen LogP contribution < -0.4 is 0 Å². The van der Waals surface area contributed by atoms with E-state index in [9.17, 15) is 14.7 Å². The molecule has 0 radical (unpaired) electrons. The molecule has 0 heterocycles. The standard InChI is InChI=1S/C31H44O5/c1-30(24-36-25-32,26-16-8-4-9-17-26)22-14-6-12-20-28(33)21-13-7-15-23-31(2,29(34)35-3)27-18-10-5-11-19-27/h4-5,8-11,16-19,25,28,33H,6-7,12-15,20-24H2,1-3H3. The molecule has 0 aliphatic rings. The van der Waals surface area contributed by atoms with Gasteiger partial charge in [0.1, 0.15) is 6.61 Å². The van der Waals surface area contributed by atoms with Crippen molar-refractivity contribution in [1.82, 2.24) is 0 Å². The van der Waals surface area contributed by atoms with E-state index in [-0.39, 0.29) is 17.5 Å². The van der Waals surface area contributed by atoms with Gasteiger partial charge in [0.15, 0.2) is 0 Å². The molecule has 5 heteroatoms. The summed E-state index contributed by atoms with van der Waals surface area (Å²) >= 11 is 0. The van der Waals surface area contributed by atoms with E-state index in [0.717, 1.165) is 69.8 Å². The molecular formula is C31H44O5. The Bertz CT molecular complexity index is 884. The molecule has 198 valence electrons. The average Bonchev–Trinajstić information content (AvgIpc) is 2.91. The molecule has 0 spiro atoms. The van der Waals surface area contributed by atoms with Crippen LogP contribution >= 0.6 is 0 Å². The van der Waals surface area contributed by atoms with Gasteiger partial charge in [-0.05, 0) is 43.7 Å². The summed E-state index contributed by atoms with van der Waals surface area (Å²) in [4.78, 5) is 23.2. The van der Waals surface area contributed by atoms with Crippen molar-refractivity contribution in [3.63, 3.8) is 0 Å². The fraction of sp³-hybridized carbons (Fsp3) is 0.548. The van der Waals surface area contributed by atoms with E-state index in [1.807, 2.05) is 55.5 Å². The van der Waals surface area contributed by atoms with Crippen LogP contribution in [0.2, 0.25) is 0 Å². The topological polar surface area (TPSA) is 72.8 Å². The van der Waals surface area contributed by atoms with Crippen molar-refractivity contribution >= 4 is 12.4 Å². The zero-order valence-electron chi connectivity index (χ0n) is 22.3. The Labute approximate surface area is 217 Å². The molecule has 1 N–H and O–H groups in total. The molecule has 5 nitrogen and oxygen atoms in total. The molecule has 0 aliphatic carbocycles. The Hall–Kier alpha value is -2.66. The second-order valence-electron chi connectivity index (χ2n) is 10.4. The highest BCUT2D eigenvalue weighted by atomic mass is 16.5. The van der Waals surface area contributed by atoms with Crippen molar-refractivity contribution in [2.24, 2.45) is 0 Å². The number of benzene rings is 2. The van der Waals surface area contributed by atoms with Crippen LogP contribution in [0.15, 0.2) is 60.7 Å². The third kappa shape index (κ3) is 9.09. The van der Waals surface area contributed by atoms with E-state index in [0.29, 0.717) is 13.1 Å². The largest absolute Gasteiger partial charge is 0.468 e. The van der Waals surface area contributed by atoms with Gasteiger partial charge in [-0.3, -0.25) is 9.59 Å². The molecule has 0 saturated carbocycles. The fourth-order valence-electron chi connectivity index (χ4n) is 5.01. The minimum Gasteiger partial charge on any atom is -0.468 e. The van der Waals surface area contributed by atoms with Crippen LogP contribution in [0.4, 0.5) is 0 Å². The maximum atomic E-state index is 12.5. The first-order chi connectivity index (χ1) is 17.4. The number of aliphatic hydroxyl groups is 1. The number of ether oxygens (including phenoxy) is 2. The SMILES string of the molecule is COC(=O)C(C)(CCCCCC(O)CCCCCC(C)(COC=O)c1ccccc1)c1ccccc1. The normalized spacial score (nSPS) is 15.3. The Morgan fingerprint density at radius 3 is 1.89 bits per heavy atom. The summed E-state index contributed by atoms with van der Waals surface area (Å²) in [6.45, 7) is 5.00. The Kier molecular flexibility index (Phi) is 12.7. The number of hydrogen-bond donors (Lipinski definition) is 1. The highest BCUT2D eigenvalue weighted by molar-refractivity contribution is 5.82. The minimum absolute atomic E-state index is 0.195. The van der Waals surface area contributed by atoms with Crippen LogP contribution in [0.3, 0.4) is 0 Å². The van der Waals surface area contributed by atoms with E-state index in [1.54, 1.807) is 0 Å². The number of rotatable bonds is 18. The monoisotopic (exact) mass is 496 g/mol. The third-order valence-corrected chi connectivity index (χ3v) is 7.47. The van der Waals surface area contributed by atoms with Gasteiger partial charge in [0.05, 0.1) is 18.6 Å². The molecule has 0 aliphatic heterocycles. The summed E-state index contributed by atoms with van der Waals surface area (Å²) in [5.41, 5.74) is 1.33. The highest BCUT2D eigenvalue weighted by Crippen LogP contribution is 2.32. The van der Waals surface area contributed by atoms with Crippen LogP contribution in [0.25, 0.3) is 0 Å². The Morgan fingerprint density at radius 2 is 1.36 bits per heavy atom. The summed E-state index contributed by atoms with van der Waals surface area (Å²) in [5.74, 6) is -0.199. The summed E-state index contributed by atoms with van der Waals surface area (Å²) < 4.78 is 10.2. The van der Waals surface area contributed by atoms with E-state index in [1.165, 1.54) is 12.7 Å². The van der Waals surface area contributed by atoms with E-state index < -0.39 is 5.41 Å². The molecule has 0 bridgehead atoms. The van der Waals surface area contributed by atoms with Crippen LogP contribution in [0, 0.1) is 0 Å². The van der Waals surface area contributed by atoms with E-state index >= 15 is 0 Å². The van der Waals surface area contributed by atoms with Crippen LogP contribution in [-0.4, -0.2) is 37.4 Å². The molecule has 0 amide bonds. The second kappa shape index (κ2) is 15.5. The molecule has 0 saturated heterocycles. The molecule has 36 heavy (non-hydrogen) atoms. The molecular weight excluding hydrogens is 452 g/mol. The van der Waals surface area contributed by atoms with Gasteiger partial charge in [0.25, 0.3) is 6.47 Å². The van der Waals surface area contributed by atoms with Crippen molar-refractivity contribution in [2.45, 2.75) is 95.0 Å². The van der Waals surface area contributed by atoms with Crippen molar-refractivity contribution < 1.29 is 24.2 Å². The summed E-state index contributed by atoms with van der Waals surface area (Å²) in [6, 6.07) is 20.0. The first-order valence-corrected chi connectivity index (χ1v) is 13.3. The molecule has 3 unspecified atom stereocenters. The minimum atomic E-state index is -0.639. The summed E-state index contributed by atoms with van der Waals surface area (Å²) in [5, 5.41) is 10.4. The molecule has 3 atom stereocenters. The van der Waals surface area contributed by atoms with Crippen molar-refractivity contribution in [3.05, 3.63) is 71.8 Å². The number of aliphatic hydroxyl groups excluding tert-OH is 1. The molecule has 0 aromatic heterocycles. The number of methoxy groups -OCH3 is 1. The summed E-state index contributed by atoms with van der Waals surface area (Å²) in [6.07, 6.45) is 8.83. The van der Waals surface area contributed by atoms with Crippen molar-refractivity contribution in [1.29, 1.82) is 0 Å². The van der Waals surface area contributed by atoms with Crippen LogP contribution in [0.1, 0.15) is 89.2 Å². The Morgan fingerprint density at radius 1 is 0.833 bits per heavy atom. The highest BCUT2D eigenvalue weighted by Gasteiger charge is 2.35. The second-order valence-corrected chi connectivity index (χ2v) is 10.4. The Balaban J connectivity index is 1.66. The quantitative estimate of drug-likeness (QED) is 0.145. The van der Waals surface area contributed by atoms with Gasteiger partial charge in [0, 0.05) is 5.41 Å². The predicted molar refractivity (Wildman–Crippen MR) is 144 cm³/mol. The smallest absolute Gasteiger partial charge is 0.315 e. The van der Waals surface area contributed by atoms with Crippen LogP contribution in [-0.2, 0) is 29.9 Å². The van der Waals surface area contributed by atoms with Gasteiger partial charge in [-0.25, -0.2) is 0 Å². The van der Waals surface area contributed by atoms with Gasteiger partial charge in [-0.15, -0.1) is 0 Å². The maximum absolute atomic E-state index is 12.5. The number of hydrogen-bond acceptors (Lipinski definition) is 5. The van der Waals surface area contributed by atoms with Crippen LogP contribution in [0.5, 0.6) is 0 Å². The first-order valence-electron chi connectivity index (χ1n) is 13.3. The first kappa shape index (κ1) is 29.6. The molecule has 2 aromatic carbocycles. The lowest BCUT2D eigenvalue weighted by Crippen LogP contribution is -2.33.